The van der Waals surface area contributed by atoms with Gasteiger partial charge in [0, 0.05) is 5.56 Å². The predicted molar refractivity (Wildman–Crippen MR) is 111 cm³/mol. The normalized spacial score (nSPS) is 20.4. The van der Waals surface area contributed by atoms with Crippen molar-refractivity contribution in [2.75, 3.05) is 7.11 Å². The van der Waals surface area contributed by atoms with Gasteiger partial charge in [-0.25, -0.2) is 16.8 Å². The van der Waals surface area contributed by atoms with Gasteiger partial charge < -0.3 is 9.84 Å². The number of carbonyl (C=O) groups excluding carboxylic acids is 1. The summed E-state index contributed by atoms with van der Waals surface area (Å²) in [4.78, 5) is 11.5. The van der Waals surface area contributed by atoms with Gasteiger partial charge in [0.1, 0.15) is 10.7 Å². The van der Waals surface area contributed by atoms with Crippen molar-refractivity contribution in [2.45, 2.75) is 9.79 Å². The number of allylic oxidation sites excluding steroid dienone is 5. The van der Waals surface area contributed by atoms with Gasteiger partial charge >= 0.3 is 0 Å². The zero-order valence-corrected chi connectivity index (χ0v) is 17.7. The van der Waals surface area contributed by atoms with Crippen molar-refractivity contribution in [3.8, 4) is 0 Å². The Balaban J connectivity index is 1.70. The molecule has 0 atom stereocenters. The Morgan fingerprint density at radius 2 is 1.48 bits per heavy atom. The summed E-state index contributed by atoms with van der Waals surface area (Å²) in [5.41, 5.74) is 0.181. The highest BCUT2D eigenvalue weighted by molar-refractivity contribution is 7.97. The Bertz CT molecular complexity index is 1450. The topological polar surface area (TPSA) is 118 Å². The minimum absolute atomic E-state index is 0.0536. The number of Topliss-reactive ketones (excluding diaryl/α,β-unsaturated/α-hetero) is 1. The van der Waals surface area contributed by atoms with Crippen LogP contribution in [0.15, 0.2) is 98.2 Å². The minimum atomic E-state index is -3.96. The fourth-order valence-electron chi connectivity index (χ4n) is 3.36. The highest BCUT2D eigenvalue weighted by atomic mass is 32.2. The van der Waals surface area contributed by atoms with Crippen molar-refractivity contribution in [1.82, 2.24) is 0 Å². The second kappa shape index (κ2) is 7.36. The lowest BCUT2D eigenvalue weighted by molar-refractivity contribution is -0.244. The first-order valence-electron chi connectivity index (χ1n) is 8.98. The summed E-state index contributed by atoms with van der Waals surface area (Å²) in [7, 11) is -6.63. The molecule has 158 valence electrons. The Morgan fingerprint density at radius 1 is 0.903 bits per heavy atom. The minimum Gasteiger partial charge on any atom is -0.871 e. The van der Waals surface area contributed by atoms with Crippen LogP contribution in [0, 0.1) is 0 Å². The Labute approximate surface area is 179 Å². The van der Waals surface area contributed by atoms with Crippen LogP contribution in [0.3, 0.4) is 0 Å². The van der Waals surface area contributed by atoms with E-state index in [1.54, 1.807) is 12.1 Å². The van der Waals surface area contributed by atoms with Gasteiger partial charge in [-0.15, -0.1) is 0 Å². The van der Waals surface area contributed by atoms with Crippen LogP contribution in [0.2, 0.25) is 0 Å². The van der Waals surface area contributed by atoms with E-state index in [-0.39, 0.29) is 26.7 Å². The van der Waals surface area contributed by atoms with Crippen LogP contribution in [-0.4, -0.2) is 29.7 Å². The molecule has 0 aliphatic carbocycles. The Kier molecular flexibility index (Phi) is 4.95. The molecule has 0 fully saturated rings. The second-order valence-corrected chi connectivity index (χ2v) is 10.4. The van der Waals surface area contributed by atoms with Gasteiger partial charge in [0.25, 0.3) is 0 Å². The van der Waals surface area contributed by atoms with E-state index in [0.717, 1.165) is 12.2 Å². The summed E-state index contributed by atoms with van der Waals surface area (Å²) in [6.45, 7) is 0. The van der Waals surface area contributed by atoms with Crippen molar-refractivity contribution >= 4 is 31.2 Å². The Morgan fingerprint density at radius 3 is 2.06 bits per heavy atom. The molecule has 0 bridgehead atoms. The maximum Gasteiger partial charge on any atom is 0.211 e. The molecule has 2 aromatic carbocycles. The van der Waals surface area contributed by atoms with Crippen LogP contribution in [-0.2, 0) is 24.4 Å². The molecule has 0 saturated heterocycles. The molecule has 0 amide bonds. The van der Waals surface area contributed by atoms with Crippen molar-refractivity contribution in [1.29, 1.82) is 0 Å². The lowest BCUT2D eigenvalue weighted by atomic mass is 10.1. The first kappa shape index (κ1) is 20.8. The number of methoxy groups -OCH3 is 1. The average Bonchev–Trinajstić information content (AvgIpc) is 3.07. The number of fused-ring (bicyclic) bond motifs is 2. The van der Waals surface area contributed by atoms with Gasteiger partial charge in [0.2, 0.25) is 25.5 Å². The number of ether oxygens (including phenoxy) is 1. The summed E-state index contributed by atoms with van der Waals surface area (Å²) < 4.78 is 55.6. The Hall–Kier alpha value is -3.43. The molecule has 2 aliphatic rings. The first-order valence-corrected chi connectivity index (χ1v) is 11.9. The predicted octanol–water partition coefficient (Wildman–Crippen LogP) is 2.14. The smallest absolute Gasteiger partial charge is 0.211 e. The molecule has 2 heterocycles. The monoisotopic (exact) mass is 455 g/mol. The van der Waals surface area contributed by atoms with Gasteiger partial charge in [0.05, 0.1) is 21.8 Å². The number of sulfone groups is 2. The highest BCUT2D eigenvalue weighted by Crippen LogP contribution is 2.37. The van der Waals surface area contributed by atoms with Gasteiger partial charge in [-0.3, -0.25) is 4.79 Å². The van der Waals surface area contributed by atoms with E-state index in [9.17, 15) is 26.7 Å². The highest BCUT2D eigenvalue weighted by Gasteiger charge is 2.38. The standard InChI is InChI=1S/C22H16O7S2/c1-29-14(10-12-19-21(23)15-6-2-4-8-17(15)30(19,25)26)11-13-20-22(24)16-7-3-5-9-18(16)31(20,27)28/h2-13,23H,1H3/p-1. The fourth-order valence-corrected chi connectivity index (χ4v) is 6.45. The van der Waals surface area contributed by atoms with Gasteiger partial charge in [0.15, 0.2) is 0 Å². The van der Waals surface area contributed by atoms with Crippen LogP contribution in [0.1, 0.15) is 15.9 Å². The molecule has 9 heteroatoms. The molecule has 0 saturated carbocycles. The van der Waals surface area contributed by atoms with Gasteiger partial charge in [-0.05, 0) is 48.1 Å². The van der Waals surface area contributed by atoms with E-state index in [4.69, 9.17) is 4.74 Å². The van der Waals surface area contributed by atoms with Crippen LogP contribution in [0.5, 0.6) is 0 Å². The number of ketones is 1. The lowest BCUT2D eigenvalue weighted by Crippen LogP contribution is -2.03. The quantitative estimate of drug-likeness (QED) is 0.394. The van der Waals surface area contributed by atoms with Crippen LogP contribution < -0.4 is 5.11 Å². The van der Waals surface area contributed by atoms with E-state index in [2.05, 4.69) is 0 Å². The SMILES string of the molecule is COC(C=CC1=C([O-])c2ccccc2S1(=O)=O)=CC=C1C(=O)c2ccccc2S1(=O)=O. The zero-order valence-electron chi connectivity index (χ0n) is 16.1. The van der Waals surface area contributed by atoms with E-state index < -0.39 is 41.0 Å². The average molecular weight is 455 g/mol. The van der Waals surface area contributed by atoms with E-state index in [0.29, 0.717) is 0 Å². The summed E-state index contributed by atoms with van der Waals surface area (Å²) in [5, 5.41) is 12.5. The number of benzene rings is 2. The van der Waals surface area contributed by atoms with Gasteiger partial charge in [-0.2, -0.15) is 0 Å². The molecule has 31 heavy (non-hydrogen) atoms. The molecule has 2 aromatic rings. The van der Waals surface area contributed by atoms with Crippen molar-refractivity contribution in [3.63, 3.8) is 0 Å². The maximum absolute atomic E-state index is 12.6. The third-order valence-electron chi connectivity index (χ3n) is 4.90. The van der Waals surface area contributed by atoms with Gasteiger partial charge in [-0.1, -0.05) is 36.1 Å². The summed E-state index contributed by atoms with van der Waals surface area (Å²) >= 11 is 0. The van der Waals surface area contributed by atoms with Crippen molar-refractivity contribution in [3.05, 3.63) is 99.5 Å². The molecule has 2 aliphatic heterocycles. The third-order valence-corrected chi connectivity index (χ3v) is 8.57. The molecule has 4 rings (SSSR count). The van der Waals surface area contributed by atoms with E-state index in [1.807, 2.05) is 0 Å². The van der Waals surface area contributed by atoms with E-state index in [1.165, 1.54) is 55.7 Å². The third kappa shape index (κ3) is 3.22. The molecular formula is C22H15O7S2-. The zero-order chi connectivity index (χ0) is 22.4. The molecule has 7 nitrogen and oxygen atoms in total. The van der Waals surface area contributed by atoms with Crippen molar-refractivity contribution in [2.24, 2.45) is 0 Å². The summed E-state index contributed by atoms with van der Waals surface area (Å²) in [6, 6.07) is 11.8. The second-order valence-electron chi connectivity index (χ2n) is 6.66. The summed E-state index contributed by atoms with van der Waals surface area (Å²) in [5.74, 6) is -1.22. The number of hydrogen-bond donors (Lipinski definition) is 0. The molecule has 0 N–H and O–H groups in total. The molecular weight excluding hydrogens is 440 g/mol. The largest absolute Gasteiger partial charge is 0.871 e. The van der Waals surface area contributed by atoms with E-state index >= 15 is 0 Å². The van der Waals surface area contributed by atoms with Crippen molar-refractivity contribution < 1.29 is 31.5 Å². The first-order chi connectivity index (χ1) is 14.7. The fraction of sp³-hybridized carbons (Fsp3) is 0.0455. The maximum atomic E-state index is 12.6. The number of carbonyl (C=O) groups is 1. The lowest BCUT2D eigenvalue weighted by Gasteiger charge is -2.08. The number of hydrogen-bond acceptors (Lipinski definition) is 7. The number of rotatable bonds is 4. The molecule has 0 radical (unpaired) electrons. The van der Waals surface area contributed by atoms with Crippen LogP contribution in [0.4, 0.5) is 0 Å². The molecule has 0 spiro atoms. The van der Waals surface area contributed by atoms with Crippen LogP contribution >= 0.6 is 0 Å². The summed E-state index contributed by atoms with van der Waals surface area (Å²) in [6.07, 6.45) is 4.66. The molecule has 0 unspecified atom stereocenters. The van der Waals surface area contributed by atoms with Crippen LogP contribution in [0.25, 0.3) is 5.76 Å². The molecule has 0 aromatic heterocycles.